The molecule has 0 aliphatic heterocycles. The highest BCUT2D eigenvalue weighted by Gasteiger charge is 2.39. The number of pyridine rings is 2. The minimum atomic E-state index is -0.149. The monoisotopic (exact) mass is 502 g/mol. The maximum absolute atomic E-state index is 5.38. The fraction of sp³-hybridized carbons (Fsp3) is 0.135. The Morgan fingerprint density at radius 2 is 1.44 bits per heavy atom. The molecule has 0 saturated heterocycles. The summed E-state index contributed by atoms with van der Waals surface area (Å²) in [6.07, 6.45) is 6.48. The fourth-order valence-corrected chi connectivity index (χ4v) is 6.30. The lowest BCUT2D eigenvalue weighted by atomic mass is 9.78. The molecular formula is C37H30N2. The third-order valence-electron chi connectivity index (χ3n) is 8.38. The van der Waals surface area contributed by atoms with Gasteiger partial charge in [-0.05, 0) is 64.8 Å². The Labute approximate surface area is 229 Å². The Morgan fingerprint density at radius 1 is 0.718 bits per heavy atom. The molecule has 7 rings (SSSR count). The van der Waals surface area contributed by atoms with E-state index in [4.69, 9.17) is 4.98 Å². The van der Waals surface area contributed by atoms with Crippen molar-refractivity contribution in [1.82, 2.24) is 9.97 Å². The Morgan fingerprint density at radius 3 is 2.31 bits per heavy atom. The van der Waals surface area contributed by atoms with Gasteiger partial charge in [-0.25, -0.2) is 4.98 Å². The Kier molecular flexibility index (Phi) is 5.28. The molecule has 0 fully saturated rings. The van der Waals surface area contributed by atoms with Gasteiger partial charge in [0.1, 0.15) is 0 Å². The van der Waals surface area contributed by atoms with Crippen LogP contribution in [0.4, 0.5) is 0 Å². The van der Waals surface area contributed by atoms with Crippen LogP contribution in [0.15, 0.2) is 109 Å². The number of para-hydroxylation sites is 1. The molecule has 1 aliphatic rings. The van der Waals surface area contributed by atoms with Gasteiger partial charge in [-0.1, -0.05) is 105 Å². The van der Waals surface area contributed by atoms with Gasteiger partial charge < -0.3 is 0 Å². The van der Waals surface area contributed by atoms with Crippen LogP contribution in [0.3, 0.4) is 0 Å². The molecule has 0 N–H and O–H groups in total. The number of nitrogens with zero attached hydrogens (tertiary/aromatic N) is 2. The van der Waals surface area contributed by atoms with Crippen LogP contribution < -0.4 is 0 Å². The van der Waals surface area contributed by atoms with E-state index >= 15 is 0 Å². The molecule has 6 aromatic rings. The van der Waals surface area contributed by atoms with Crippen molar-refractivity contribution in [3.05, 3.63) is 132 Å². The van der Waals surface area contributed by atoms with Crippen molar-refractivity contribution < 1.29 is 0 Å². The van der Waals surface area contributed by atoms with Gasteiger partial charge in [0.15, 0.2) is 0 Å². The van der Waals surface area contributed by atoms with E-state index in [0.717, 1.165) is 27.7 Å². The Hall–Kier alpha value is -4.56. The lowest BCUT2D eigenvalue weighted by Crippen LogP contribution is -2.17. The highest BCUT2D eigenvalue weighted by molar-refractivity contribution is 6.11. The number of hydrogen-bond acceptors (Lipinski definition) is 2. The van der Waals surface area contributed by atoms with Crippen molar-refractivity contribution in [3.8, 4) is 11.3 Å². The summed E-state index contributed by atoms with van der Waals surface area (Å²) in [6.45, 7) is 9.08. The number of benzene rings is 4. The van der Waals surface area contributed by atoms with E-state index in [-0.39, 0.29) is 5.41 Å². The van der Waals surface area contributed by atoms with Crippen LogP contribution in [0.1, 0.15) is 49.9 Å². The first-order valence-corrected chi connectivity index (χ1v) is 13.6. The summed E-state index contributed by atoms with van der Waals surface area (Å²) in [7, 11) is 0. The van der Waals surface area contributed by atoms with E-state index in [2.05, 4.69) is 130 Å². The SMILES string of the molecule is C/C(=C\C=C(/C)c1c2c(nc3c1ccc1ccccc13)-c1ccccc1C2(C)C)c1cnc2ccccc2c1. The first kappa shape index (κ1) is 23.5. The molecular weight excluding hydrogens is 472 g/mol. The van der Waals surface area contributed by atoms with E-state index in [1.54, 1.807) is 0 Å². The lowest BCUT2D eigenvalue weighted by molar-refractivity contribution is 0.658. The van der Waals surface area contributed by atoms with E-state index in [0.29, 0.717) is 0 Å². The molecule has 2 aromatic heterocycles. The average Bonchev–Trinajstić information content (AvgIpc) is 3.20. The van der Waals surface area contributed by atoms with Crippen molar-refractivity contribution in [2.75, 3.05) is 0 Å². The van der Waals surface area contributed by atoms with Crippen LogP contribution in [0.2, 0.25) is 0 Å². The second-order valence-electron chi connectivity index (χ2n) is 11.2. The minimum absolute atomic E-state index is 0.149. The highest BCUT2D eigenvalue weighted by atomic mass is 14.7. The summed E-state index contributed by atoms with van der Waals surface area (Å²) in [5.41, 5.74) is 11.8. The van der Waals surface area contributed by atoms with E-state index in [1.165, 1.54) is 49.6 Å². The molecule has 1 aliphatic carbocycles. The van der Waals surface area contributed by atoms with Crippen LogP contribution in [-0.4, -0.2) is 9.97 Å². The molecule has 0 unspecified atom stereocenters. The quantitative estimate of drug-likeness (QED) is 0.178. The number of allylic oxidation sites excluding steroid dienone is 4. The van der Waals surface area contributed by atoms with Gasteiger partial charge in [-0.15, -0.1) is 0 Å². The maximum Gasteiger partial charge on any atom is 0.0794 e. The summed E-state index contributed by atoms with van der Waals surface area (Å²) in [5.74, 6) is 0. The van der Waals surface area contributed by atoms with Gasteiger partial charge in [-0.2, -0.15) is 0 Å². The van der Waals surface area contributed by atoms with Crippen LogP contribution in [0, 0.1) is 0 Å². The highest BCUT2D eigenvalue weighted by Crippen LogP contribution is 2.52. The van der Waals surface area contributed by atoms with Gasteiger partial charge in [0.25, 0.3) is 0 Å². The van der Waals surface area contributed by atoms with E-state index in [9.17, 15) is 0 Å². The van der Waals surface area contributed by atoms with Crippen molar-refractivity contribution in [2.24, 2.45) is 0 Å². The van der Waals surface area contributed by atoms with Gasteiger partial charge in [0, 0.05) is 33.3 Å². The third kappa shape index (κ3) is 3.63. The zero-order valence-corrected chi connectivity index (χ0v) is 22.8. The lowest BCUT2D eigenvalue weighted by Gasteiger charge is -2.25. The Bertz CT molecular complexity index is 2010. The van der Waals surface area contributed by atoms with Crippen molar-refractivity contribution in [2.45, 2.75) is 33.1 Å². The summed E-state index contributed by atoms with van der Waals surface area (Å²) >= 11 is 0. The van der Waals surface area contributed by atoms with Gasteiger partial charge in [0.05, 0.1) is 16.7 Å². The molecule has 39 heavy (non-hydrogen) atoms. The molecule has 2 heteroatoms. The van der Waals surface area contributed by atoms with Crippen molar-refractivity contribution in [1.29, 1.82) is 0 Å². The number of rotatable bonds is 3. The smallest absolute Gasteiger partial charge is 0.0794 e. The van der Waals surface area contributed by atoms with Gasteiger partial charge in [-0.3, -0.25) is 4.98 Å². The first-order chi connectivity index (χ1) is 18.9. The predicted octanol–water partition coefficient (Wildman–Crippen LogP) is 9.75. The van der Waals surface area contributed by atoms with E-state index in [1.807, 2.05) is 12.3 Å². The van der Waals surface area contributed by atoms with Crippen molar-refractivity contribution in [3.63, 3.8) is 0 Å². The second kappa shape index (κ2) is 8.74. The largest absolute Gasteiger partial charge is 0.256 e. The first-order valence-electron chi connectivity index (χ1n) is 13.6. The molecule has 0 atom stereocenters. The molecule has 0 saturated carbocycles. The molecule has 0 bridgehead atoms. The molecule has 0 spiro atoms. The minimum Gasteiger partial charge on any atom is -0.256 e. The van der Waals surface area contributed by atoms with Gasteiger partial charge >= 0.3 is 0 Å². The maximum atomic E-state index is 5.38. The van der Waals surface area contributed by atoms with E-state index < -0.39 is 0 Å². The predicted molar refractivity (Wildman–Crippen MR) is 166 cm³/mol. The summed E-state index contributed by atoms with van der Waals surface area (Å²) in [6, 6.07) is 32.3. The fourth-order valence-electron chi connectivity index (χ4n) is 6.30. The number of hydrogen-bond donors (Lipinski definition) is 0. The van der Waals surface area contributed by atoms with Gasteiger partial charge in [0.2, 0.25) is 0 Å². The third-order valence-corrected chi connectivity index (χ3v) is 8.38. The van der Waals surface area contributed by atoms with Crippen LogP contribution >= 0.6 is 0 Å². The number of fused-ring (bicyclic) bond motifs is 7. The van der Waals surface area contributed by atoms with Crippen LogP contribution in [0.25, 0.3) is 55.0 Å². The van der Waals surface area contributed by atoms with Crippen LogP contribution in [-0.2, 0) is 5.41 Å². The zero-order chi connectivity index (χ0) is 26.7. The molecule has 4 aromatic carbocycles. The molecule has 0 radical (unpaired) electrons. The van der Waals surface area contributed by atoms with Crippen LogP contribution in [0.5, 0.6) is 0 Å². The normalized spacial score (nSPS) is 14.7. The molecule has 2 nitrogen and oxygen atoms in total. The average molecular weight is 503 g/mol. The standard InChI is InChI=1S/C37H30N2/c1-23(27-21-26-12-6-10-16-32(26)38-22-27)17-18-24(2)33-30-20-19-25-11-5-7-13-28(25)35(30)39-36-29-14-8-9-15-31(29)37(3,4)34(33)36/h5-22H,1-4H3/b23-17+,24-18+. The second-order valence-corrected chi connectivity index (χ2v) is 11.2. The van der Waals surface area contributed by atoms with Crippen molar-refractivity contribution >= 4 is 43.7 Å². The zero-order valence-electron chi connectivity index (χ0n) is 22.8. The summed E-state index contributed by atoms with van der Waals surface area (Å²) in [5, 5.41) is 4.78. The topological polar surface area (TPSA) is 25.8 Å². The molecule has 188 valence electrons. The summed E-state index contributed by atoms with van der Waals surface area (Å²) in [4.78, 5) is 10.1. The number of aromatic nitrogens is 2. The Balaban J connectivity index is 1.47. The molecule has 0 amide bonds. The molecule has 2 heterocycles. The summed E-state index contributed by atoms with van der Waals surface area (Å²) < 4.78 is 0.